The molecule has 0 spiro atoms. The van der Waals surface area contributed by atoms with Crippen molar-refractivity contribution in [2.45, 2.75) is 25.4 Å². The monoisotopic (exact) mass is 446 g/mol. The van der Waals surface area contributed by atoms with Crippen LogP contribution in [0.25, 0.3) is 0 Å². The molecule has 1 fully saturated rings. The van der Waals surface area contributed by atoms with Crippen LogP contribution in [0, 0.1) is 5.82 Å². The van der Waals surface area contributed by atoms with Crippen LogP contribution in [0.1, 0.15) is 24.5 Å². The van der Waals surface area contributed by atoms with E-state index in [1.54, 1.807) is 0 Å². The lowest BCUT2D eigenvalue weighted by atomic mass is 9.92. The maximum Gasteiger partial charge on any atom is 0.325 e. The Morgan fingerprint density at radius 3 is 2.55 bits per heavy atom. The molecule has 1 aliphatic heterocycles. The van der Waals surface area contributed by atoms with Crippen LogP contribution in [0.15, 0.2) is 48.5 Å². The Labute approximate surface area is 182 Å². The van der Waals surface area contributed by atoms with Crippen molar-refractivity contribution in [3.05, 3.63) is 70.5 Å². The standard InChI is InChI=1S/C21H20ClFN4O4/c1-21(15-8-7-14(23)11-16(15)22)18(29)27(20(31)26-21)10-9-17(28)25-19(30)24-12-13-5-3-2-4-6-13/h2-8,11H,9-10,12H2,1H3,(H,26,31)(H2,24,25,28,30). The van der Waals surface area contributed by atoms with E-state index in [1.165, 1.54) is 13.0 Å². The summed E-state index contributed by atoms with van der Waals surface area (Å²) in [6.07, 6.45) is -0.273. The Balaban J connectivity index is 1.55. The van der Waals surface area contributed by atoms with Crippen molar-refractivity contribution in [1.82, 2.24) is 20.9 Å². The normalized spacial score (nSPS) is 18.0. The number of nitrogens with zero attached hydrogens (tertiary/aromatic N) is 1. The summed E-state index contributed by atoms with van der Waals surface area (Å²) in [5.74, 6) is -1.86. The van der Waals surface area contributed by atoms with Crippen molar-refractivity contribution < 1.29 is 23.6 Å². The van der Waals surface area contributed by atoms with Crippen molar-refractivity contribution >= 4 is 35.5 Å². The van der Waals surface area contributed by atoms with Gasteiger partial charge < -0.3 is 10.6 Å². The van der Waals surface area contributed by atoms with E-state index >= 15 is 0 Å². The van der Waals surface area contributed by atoms with Gasteiger partial charge in [0.1, 0.15) is 11.4 Å². The quantitative estimate of drug-likeness (QED) is 0.593. The first-order valence-corrected chi connectivity index (χ1v) is 9.80. The van der Waals surface area contributed by atoms with Crippen LogP contribution in [0.4, 0.5) is 14.0 Å². The zero-order valence-corrected chi connectivity index (χ0v) is 17.3. The number of urea groups is 2. The molecule has 31 heavy (non-hydrogen) atoms. The molecule has 0 radical (unpaired) electrons. The first-order valence-electron chi connectivity index (χ1n) is 9.42. The van der Waals surface area contributed by atoms with Crippen molar-refractivity contribution in [2.75, 3.05) is 6.54 Å². The van der Waals surface area contributed by atoms with Crippen LogP contribution < -0.4 is 16.0 Å². The fourth-order valence-corrected chi connectivity index (χ4v) is 3.56. The molecule has 3 N–H and O–H groups in total. The number of carbonyl (C=O) groups is 4. The Morgan fingerprint density at radius 1 is 1.16 bits per heavy atom. The van der Waals surface area contributed by atoms with Crippen LogP contribution in [0.3, 0.4) is 0 Å². The first kappa shape index (κ1) is 22.2. The van der Waals surface area contributed by atoms with Gasteiger partial charge in [-0.25, -0.2) is 14.0 Å². The number of hydrogen-bond acceptors (Lipinski definition) is 4. The van der Waals surface area contributed by atoms with Gasteiger partial charge >= 0.3 is 12.1 Å². The SMILES string of the molecule is CC1(c2ccc(F)cc2Cl)NC(=O)N(CCC(=O)NC(=O)NCc2ccccc2)C1=O. The molecule has 2 aromatic rings. The number of hydrogen-bond donors (Lipinski definition) is 3. The van der Waals surface area contributed by atoms with Crippen LogP contribution in [0.5, 0.6) is 0 Å². The molecule has 0 bridgehead atoms. The molecule has 0 aromatic heterocycles. The summed E-state index contributed by atoms with van der Waals surface area (Å²) in [5.41, 5.74) is -0.393. The summed E-state index contributed by atoms with van der Waals surface area (Å²) in [6, 6.07) is 11.2. The fourth-order valence-electron chi connectivity index (χ4n) is 3.20. The van der Waals surface area contributed by atoms with Crippen molar-refractivity contribution in [1.29, 1.82) is 0 Å². The summed E-state index contributed by atoms with van der Waals surface area (Å²) >= 11 is 6.05. The lowest BCUT2D eigenvalue weighted by molar-refractivity contribution is -0.131. The second-order valence-corrected chi connectivity index (χ2v) is 7.51. The first-order chi connectivity index (χ1) is 14.7. The average molecular weight is 447 g/mol. The van der Waals surface area contributed by atoms with E-state index in [0.717, 1.165) is 22.6 Å². The minimum Gasteiger partial charge on any atom is -0.334 e. The lowest BCUT2D eigenvalue weighted by Crippen LogP contribution is -2.42. The molecule has 1 heterocycles. The highest BCUT2D eigenvalue weighted by atomic mass is 35.5. The largest absolute Gasteiger partial charge is 0.334 e. The molecule has 2 aromatic carbocycles. The smallest absolute Gasteiger partial charge is 0.325 e. The summed E-state index contributed by atoms with van der Waals surface area (Å²) in [7, 11) is 0. The van der Waals surface area contributed by atoms with Gasteiger partial charge in [-0.15, -0.1) is 0 Å². The van der Waals surface area contributed by atoms with Crippen molar-refractivity contribution in [3.8, 4) is 0 Å². The minimum atomic E-state index is -1.49. The van der Waals surface area contributed by atoms with E-state index in [1.807, 2.05) is 30.3 Å². The molecular weight excluding hydrogens is 427 g/mol. The average Bonchev–Trinajstić information content (AvgIpc) is 2.94. The number of nitrogens with one attached hydrogen (secondary N) is 3. The molecule has 1 atom stereocenters. The van der Waals surface area contributed by atoms with Gasteiger partial charge in [0, 0.05) is 30.1 Å². The topological polar surface area (TPSA) is 108 Å². The van der Waals surface area contributed by atoms with Gasteiger partial charge in [0.2, 0.25) is 5.91 Å². The second kappa shape index (κ2) is 9.13. The highest BCUT2D eigenvalue weighted by molar-refractivity contribution is 6.32. The Hall–Kier alpha value is -3.46. The Bertz CT molecular complexity index is 1030. The number of carbonyl (C=O) groups excluding carboxylic acids is 4. The molecule has 8 nitrogen and oxygen atoms in total. The molecule has 3 rings (SSSR count). The summed E-state index contributed by atoms with van der Waals surface area (Å²) in [5, 5.41) is 7.22. The van der Waals surface area contributed by atoms with E-state index in [2.05, 4.69) is 16.0 Å². The van der Waals surface area contributed by atoms with Gasteiger partial charge in [-0.3, -0.25) is 19.8 Å². The predicted molar refractivity (Wildman–Crippen MR) is 110 cm³/mol. The molecule has 6 amide bonds. The third-order valence-corrected chi connectivity index (χ3v) is 5.17. The third kappa shape index (κ3) is 5.00. The molecule has 162 valence electrons. The number of imide groups is 2. The number of halogens is 2. The maximum atomic E-state index is 13.3. The number of benzene rings is 2. The highest BCUT2D eigenvalue weighted by Crippen LogP contribution is 2.33. The molecule has 1 unspecified atom stereocenters. The zero-order chi connectivity index (χ0) is 22.6. The van der Waals surface area contributed by atoms with E-state index in [0.29, 0.717) is 0 Å². The van der Waals surface area contributed by atoms with E-state index in [4.69, 9.17) is 11.6 Å². The van der Waals surface area contributed by atoms with Crippen molar-refractivity contribution in [2.24, 2.45) is 0 Å². The van der Waals surface area contributed by atoms with Gasteiger partial charge in [-0.2, -0.15) is 0 Å². The van der Waals surface area contributed by atoms with Crippen LogP contribution in [-0.4, -0.2) is 35.3 Å². The molecule has 10 heteroatoms. The molecule has 1 saturated heterocycles. The fraction of sp³-hybridized carbons (Fsp3) is 0.238. The number of rotatable bonds is 6. The molecule has 1 aliphatic rings. The van der Waals surface area contributed by atoms with Gasteiger partial charge in [0.25, 0.3) is 5.91 Å². The Kier molecular flexibility index (Phi) is 6.55. The van der Waals surface area contributed by atoms with Gasteiger partial charge in [0.15, 0.2) is 0 Å². The van der Waals surface area contributed by atoms with E-state index in [9.17, 15) is 23.6 Å². The van der Waals surface area contributed by atoms with Gasteiger partial charge in [-0.1, -0.05) is 48.0 Å². The van der Waals surface area contributed by atoms with Crippen LogP contribution in [0.2, 0.25) is 5.02 Å². The second-order valence-electron chi connectivity index (χ2n) is 7.10. The molecular formula is C21H20ClFN4O4. The summed E-state index contributed by atoms with van der Waals surface area (Å²) in [4.78, 5) is 49.9. The maximum absolute atomic E-state index is 13.3. The molecule has 0 saturated carbocycles. The minimum absolute atomic E-state index is 0.00849. The third-order valence-electron chi connectivity index (χ3n) is 4.86. The summed E-state index contributed by atoms with van der Waals surface area (Å²) < 4.78 is 13.3. The van der Waals surface area contributed by atoms with E-state index < -0.39 is 35.2 Å². The number of amides is 6. The van der Waals surface area contributed by atoms with Crippen molar-refractivity contribution in [3.63, 3.8) is 0 Å². The lowest BCUT2D eigenvalue weighted by Gasteiger charge is -2.23. The molecule has 0 aliphatic carbocycles. The van der Waals surface area contributed by atoms with Gasteiger partial charge in [-0.05, 0) is 24.6 Å². The van der Waals surface area contributed by atoms with E-state index in [-0.39, 0.29) is 30.1 Å². The van der Waals surface area contributed by atoms with Gasteiger partial charge in [0.05, 0.1) is 0 Å². The highest BCUT2D eigenvalue weighted by Gasteiger charge is 2.49. The summed E-state index contributed by atoms with van der Waals surface area (Å²) in [6.45, 7) is 1.45. The van der Waals surface area contributed by atoms with Crippen LogP contribution >= 0.6 is 11.6 Å². The van der Waals surface area contributed by atoms with Crippen LogP contribution in [-0.2, 0) is 21.7 Å². The Morgan fingerprint density at radius 2 is 1.87 bits per heavy atom. The zero-order valence-electron chi connectivity index (χ0n) is 16.6. The predicted octanol–water partition coefficient (Wildman–Crippen LogP) is 2.66.